The molecule has 1 aromatic rings. The minimum atomic E-state index is 0.428. The standard InChI is InChI=1S/C6H4IN3/c7-3-5-6(4-8)10-2-1-9-5/h1-2H,3H2. The summed E-state index contributed by atoms with van der Waals surface area (Å²) in [5, 5.41) is 8.49. The van der Waals surface area contributed by atoms with E-state index in [0.29, 0.717) is 5.69 Å². The molecule has 0 saturated heterocycles. The molecule has 4 heteroatoms. The van der Waals surface area contributed by atoms with Crippen molar-refractivity contribution >= 4 is 22.6 Å². The zero-order valence-corrected chi connectivity index (χ0v) is 7.24. The molecule has 0 aliphatic carbocycles. The SMILES string of the molecule is N#Cc1nccnc1CI. The molecule has 0 bridgehead atoms. The maximum absolute atomic E-state index is 8.49. The first-order valence-corrected chi connectivity index (χ1v) is 4.17. The zero-order chi connectivity index (χ0) is 7.40. The number of rotatable bonds is 1. The van der Waals surface area contributed by atoms with Gasteiger partial charge in [-0.25, -0.2) is 4.98 Å². The van der Waals surface area contributed by atoms with E-state index in [1.165, 1.54) is 6.20 Å². The van der Waals surface area contributed by atoms with Gasteiger partial charge in [-0.05, 0) is 0 Å². The monoisotopic (exact) mass is 245 g/mol. The van der Waals surface area contributed by atoms with E-state index in [0.717, 1.165) is 10.1 Å². The first kappa shape index (κ1) is 7.41. The van der Waals surface area contributed by atoms with Crippen LogP contribution in [0.4, 0.5) is 0 Å². The van der Waals surface area contributed by atoms with Crippen molar-refractivity contribution in [3.63, 3.8) is 0 Å². The first-order valence-electron chi connectivity index (χ1n) is 2.64. The maximum atomic E-state index is 8.49. The van der Waals surface area contributed by atoms with Gasteiger partial charge in [0.05, 0.1) is 5.69 Å². The highest BCUT2D eigenvalue weighted by Gasteiger charge is 1.99. The normalized spacial score (nSPS) is 8.80. The predicted molar refractivity (Wildman–Crippen MR) is 44.5 cm³/mol. The predicted octanol–water partition coefficient (Wildman–Crippen LogP) is 1.28. The van der Waals surface area contributed by atoms with Crippen molar-refractivity contribution in [2.45, 2.75) is 4.43 Å². The van der Waals surface area contributed by atoms with E-state index < -0.39 is 0 Å². The summed E-state index contributed by atoms with van der Waals surface area (Å²) < 4.78 is 0.731. The van der Waals surface area contributed by atoms with Gasteiger partial charge in [0.1, 0.15) is 6.07 Å². The molecule has 0 amide bonds. The molecule has 0 aliphatic rings. The number of halogens is 1. The lowest BCUT2D eigenvalue weighted by atomic mass is 10.3. The quantitative estimate of drug-likeness (QED) is 0.553. The minimum Gasteiger partial charge on any atom is -0.256 e. The van der Waals surface area contributed by atoms with E-state index in [2.05, 4.69) is 32.6 Å². The molecule has 1 heterocycles. The Balaban J connectivity index is 3.12. The average molecular weight is 245 g/mol. The number of aromatic nitrogens is 2. The number of alkyl halides is 1. The van der Waals surface area contributed by atoms with Crippen molar-refractivity contribution in [2.24, 2.45) is 0 Å². The third-order valence-electron chi connectivity index (χ3n) is 1.01. The van der Waals surface area contributed by atoms with Gasteiger partial charge in [0.25, 0.3) is 0 Å². The van der Waals surface area contributed by atoms with Crippen LogP contribution in [0.25, 0.3) is 0 Å². The van der Waals surface area contributed by atoms with Crippen molar-refractivity contribution in [2.75, 3.05) is 0 Å². The Morgan fingerprint density at radius 3 is 2.70 bits per heavy atom. The second-order valence-electron chi connectivity index (χ2n) is 1.60. The summed E-state index contributed by atoms with van der Waals surface area (Å²) >= 11 is 2.15. The molecule has 10 heavy (non-hydrogen) atoms. The first-order chi connectivity index (χ1) is 4.88. The Hall–Kier alpha value is -0.700. The summed E-state index contributed by atoms with van der Waals surface area (Å²) in [4.78, 5) is 7.82. The van der Waals surface area contributed by atoms with Gasteiger partial charge < -0.3 is 0 Å². The second-order valence-corrected chi connectivity index (χ2v) is 2.36. The van der Waals surface area contributed by atoms with Crippen LogP contribution in [0.3, 0.4) is 0 Å². The van der Waals surface area contributed by atoms with Gasteiger partial charge >= 0.3 is 0 Å². The van der Waals surface area contributed by atoms with E-state index >= 15 is 0 Å². The van der Waals surface area contributed by atoms with Crippen molar-refractivity contribution in [1.29, 1.82) is 5.26 Å². The highest BCUT2D eigenvalue weighted by Crippen LogP contribution is 2.04. The fourth-order valence-electron chi connectivity index (χ4n) is 0.558. The molecule has 0 unspecified atom stereocenters. The van der Waals surface area contributed by atoms with Gasteiger partial charge in [-0.15, -0.1) is 0 Å². The lowest BCUT2D eigenvalue weighted by molar-refractivity contribution is 1.08. The number of nitriles is 1. The van der Waals surface area contributed by atoms with Gasteiger partial charge in [-0.3, -0.25) is 4.98 Å². The van der Waals surface area contributed by atoms with Crippen LogP contribution in [0.2, 0.25) is 0 Å². The molecule has 0 saturated carbocycles. The summed E-state index contributed by atoms with van der Waals surface area (Å²) in [5.41, 5.74) is 1.18. The molecule has 0 radical (unpaired) electrons. The molecule has 0 fully saturated rings. The van der Waals surface area contributed by atoms with Crippen molar-refractivity contribution in [3.05, 3.63) is 23.8 Å². The number of hydrogen-bond donors (Lipinski definition) is 0. The van der Waals surface area contributed by atoms with Gasteiger partial charge in [-0.2, -0.15) is 5.26 Å². The molecule has 0 aromatic carbocycles. The smallest absolute Gasteiger partial charge is 0.162 e. The van der Waals surface area contributed by atoms with Crippen LogP contribution < -0.4 is 0 Å². The molecule has 1 rings (SSSR count). The van der Waals surface area contributed by atoms with Gasteiger partial charge in [0.2, 0.25) is 0 Å². The lowest BCUT2D eigenvalue weighted by Gasteiger charge is -1.92. The van der Waals surface area contributed by atoms with E-state index in [-0.39, 0.29) is 0 Å². The summed E-state index contributed by atoms with van der Waals surface area (Å²) in [5.74, 6) is 0. The van der Waals surface area contributed by atoms with Crippen LogP contribution in [0.15, 0.2) is 12.4 Å². The Kier molecular flexibility index (Phi) is 2.57. The van der Waals surface area contributed by atoms with Crippen LogP contribution in [0, 0.1) is 11.3 Å². The van der Waals surface area contributed by atoms with Crippen LogP contribution in [-0.4, -0.2) is 9.97 Å². The third kappa shape index (κ3) is 1.42. The summed E-state index contributed by atoms with van der Waals surface area (Å²) in [6.45, 7) is 0. The van der Waals surface area contributed by atoms with Crippen molar-refractivity contribution < 1.29 is 0 Å². The molecule has 1 aromatic heterocycles. The Morgan fingerprint density at radius 2 is 2.20 bits per heavy atom. The van der Waals surface area contributed by atoms with E-state index in [1.54, 1.807) is 6.20 Å². The molecular formula is C6H4IN3. The fourth-order valence-corrected chi connectivity index (χ4v) is 1.12. The average Bonchev–Trinajstić information content (AvgIpc) is 2.04. The van der Waals surface area contributed by atoms with E-state index in [9.17, 15) is 0 Å². The highest BCUT2D eigenvalue weighted by molar-refractivity contribution is 14.1. The Labute approximate surface area is 72.3 Å². The fraction of sp³-hybridized carbons (Fsp3) is 0.167. The summed E-state index contributed by atoms with van der Waals surface area (Å²) in [7, 11) is 0. The molecule has 0 atom stereocenters. The van der Waals surface area contributed by atoms with Gasteiger partial charge in [0.15, 0.2) is 5.69 Å². The molecular weight excluding hydrogens is 241 g/mol. The lowest BCUT2D eigenvalue weighted by Crippen LogP contribution is -1.92. The highest BCUT2D eigenvalue weighted by atomic mass is 127. The topological polar surface area (TPSA) is 49.6 Å². The largest absolute Gasteiger partial charge is 0.256 e. The van der Waals surface area contributed by atoms with E-state index in [1.807, 2.05) is 6.07 Å². The van der Waals surface area contributed by atoms with Crippen LogP contribution in [0.5, 0.6) is 0 Å². The Bertz CT molecular complexity index is 266. The molecule has 3 nitrogen and oxygen atoms in total. The van der Waals surface area contributed by atoms with Crippen LogP contribution in [-0.2, 0) is 4.43 Å². The van der Waals surface area contributed by atoms with E-state index in [4.69, 9.17) is 5.26 Å². The molecule has 50 valence electrons. The second kappa shape index (κ2) is 3.46. The van der Waals surface area contributed by atoms with Gasteiger partial charge in [-0.1, -0.05) is 22.6 Å². The van der Waals surface area contributed by atoms with Crippen LogP contribution in [0.1, 0.15) is 11.4 Å². The molecule has 0 aliphatic heterocycles. The number of nitrogens with zero attached hydrogens (tertiary/aromatic N) is 3. The zero-order valence-electron chi connectivity index (χ0n) is 5.08. The van der Waals surface area contributed by atoms with Gasteiger partial charge in [0, 0.05) is 16.8 Å². The van der Waals surface area contributed by atoms with Crippen molar-refractivity contribution in [3.8, 4) is 6.07 Å². The molecule has 0 spiro atoms. The third-order valence-corrected chi connectivity index (χ3v) is 1.73. The summed E-state index contributed by atoms with van der Waals surface area (Å²) in [6.07, 6.45) is 3.11. The molecule has 0 N–H and O–H groups in total. The van der Waals surface area contributed by atoms with Crippen molar-refractivity contribution in [1.82, 2.24) is 9.97 Å². The summed E-state index contributed by atoms with van der Waals surface area (Å²) in [6, 6.07) is 1.97. The van der Waals surface area contributed by atoms with Crippen LogP contribution >= 0.6 is 22.6 Å². The minimum absolute atomic E-state index is 0.428. The number of hydrogen-bond acceptors (Lipinski definition) is 3. The maximum Gasteiger partial charge on any atom is 0.162 e. The Morgan fingerprint density at radius 1 is 1.50 bits per heavy atom.